The van der Waals surface area contributed by atoms with Gasteiger partial charge in [0.1, 0.15) is 0 Å². The van der Waals surface area contributed by atoms with Crippen molar-refractivity contribution in [2.24, 2.45) is 4.99 Å². The molecule has 0 spiro atoms. The van der Waals surface area contributed by atoms with Crippen LogP contribution < -0.4 is 4.74 Å². The fourth-order valence-corrected chi connectivity index (χ4v) is 1.55. The van der Waals surface area contributed by atoms with Crippen LogP contribution in [0.5, 0.6) is 11.5 Å². The molecule has 6 heteroatoms. The van der Waals surface area contributed by atoms with Crippen LogP contribution in [0.2, 0.25) is 0 Å². The maximum absolute atomic E-state index is 13.4. The van der Waals surface area contributed by atoms with E-state index in [1.54, 1.807) is 0 Å². The predicted molar refractivity (Wildman–Crippen MR) is 54.1 cm³/mol. The average Bonchev–Trinajstić information content (AvgIpc) is 2.23. The van der Waals surface area contributed by atoms with E-state index in [0.717, 1.165) is 0 Å². The Kier molecular flexibility index (Phi) is 3.82. The first-order chi connectivity index (χ1) is 7.11. The van der Waals surface area contributed by atoms with Gasteiger partial charge in [0, 0.05) is 5.56 Å². The lowest BCUT2D eigenvalue weighted by molar-refractivity contribution is 0.359. The number of nitrogens with zero attached hydrogens (tertiary/aromatic N) is 1. The standard InChI is InChI=1S/C9H7BrFNO3/c1-15-9-5(3-12-4-13)2-6(10)8(14)7(9)11/h2,14H,3H2,1H3. The maximum atomic E-state index is 13.4. The quantitative estimate of drug-likeness (QED) is 0.679. The third kappa shape index (κ3) is 2.34. The van der Waals surface area contributed by atoms with Crippen LogP contribution in [0.15, 0.2) is 15.5 Å². The first-order valence-corrected chi connectivity index (χ1v) is 4.68. The zero-order chi connectivity index (χ0) is 11.4. The molecule has 0 unspecified atom stereocenters. The molecule has 0 heterocycles. The topological polar surface area (TPSA) is 58.9 Å². The zero-order valence-corrected chi connectivity index (χ0v) is 9.34. The number of methoxy groups -OCH3 is 1. The molecule has 0 atom stereocenters. The molecule has 0 saturated carbocycles. The van der Waals surface area contributed by atoms with Crippen molar-refractivity contribution in [1.29, 1.82) is 0 Å². The molecule has 0 saturated heterocycles. The summed E-state index contributed by atoms with van der Waals surface area (Å²) < 4.78 is 18.3. The Morgan fingerprint density at radius 3 is 2.93 bits per heavy atom. The third-order valence-corrected chi connectivity index (χ3v) is 2.35. The minimum Gasteiger partial charge on any atom is -0.504 e. The summed E-state index contributed by atoms with van der Waals surface area (Å²) in [5.74, 6) is -1.55. The van der Waals surface area contributed by atoms with E-state index in [9.17, 15) is 14.3 Å². The molecule has 0 aliphatic carbocycles. The number of benzene rings is 1. The van der Waals surface area contributed by atoms with Gasteiger partial charge in [0.15, 0.2) is 11.5 Å². The van der Waals surface area contributed by atoms with Crippen LogP contribution >= 0.6 is 15.9 Å². The Morgan fingerprint density at radius 2 is 2.40 bits per heavy atom. The molecular weight excluding hydrogens is 269 g/mol. The van der Waals surface area contributed by atoms with E-state index in [1.807, 2.05) is 0 Å². The number of hydrogen-bond donors (Lipinski definition) is 1. The lowest BCUT2D eigenvalue weighted by atomic mass is 10.2. The van der Waals surface area contributed by atoms with Crippen LogP contribution in [0.25, 0.3) is 0 Å². The Morgan fingerprint density at radius 1 is 1.73 bits per heavy atom. The highest BCUT2D eigenvalue weighted by molar-refractivity contribution is 9.10. The highest BCUT2D eigenvalue weighted by Crippen LogP contribution is 2.36. The van der Waals surface area contributed by atoms with Crippen molar-refractivity contribution in [2.75, 3.05) is 7.11 Å². The molecule has 0 aliphatic rings. The molecule has 4 nitrogen and oxygen atoms in total. The van der Waals surface area contributed by atoms with Gasteiger partial charge >= 0.3 is 0 Å². The first kappa shape index (κ1) is 11.7. The monoisotopic (exact) mass is 275 g/mol. The van der Waals surface area contributed by atoms with Gasteiger partial charge in [-0.1, -0.05) is 0 Å². The first-order valence-electron chi connectivity index (χ1n) is 3.89. The Labute approximate surface area is 93.5 Å². The minimum atomic E-state index is -0.886. The lowest BCUT2D eigenvalue weighted by Gasteiger charge is -2.09. The van der Waals surface area contributed by atoms with Gasteiger partial charge in [-0.2, -0.15) is 4.39 Å². The lowest BCUT2D eigenvalue weighted by Crippen LogP contribution is -1.96. The van der Waals surface area contributed by atoms with Crippen LogP contribution in [-0.4, -0.2) is 18.3 Å². The molecule has 1 aromatic carbocycles. The molecule has 15 heavy (non-hydrogen) atoms. The fraction of sp³-hybridized carbons (Fsp3) is 0.222. The van der Waals surface area contributed by atoms with Crippen molar-refractivity contribution in [3.8, 4) is 11.5 Å². The number of halogens is 2. The molecule has 0 fully saturated rings. The van der Waals surface area contributed by atoms with Gasteiger partial charge in [0.2, 0.25) is 11.9 Å². The Balaban J connectivity index is 3.31. The third-order valence-electron chi connectivity index (χ3n) is 1.74. The highest BCUT2D eigenvalue weighted by atomic mass is 79.9. The van der Waals surface area contributed by atoms with Crippen molar-refractivity contribution in [3.05, 3.63) is 21.9 Å². The van der Waals surface area contributed by atoms with Crippen molar-refractivity contribution >= 4 is 22.0 Å². The number of rotatable bonds is 3. The molecule has 0 amide bonds. The van der Waals surface area contributed by atoms with Crippen molar-refractivity contribution in [3.63, 3.8) is 0 Å². The molecule has 0 aliphatic heterocycles. The van der Waals surface area contributed by atoms with E-state index in [4.69, 9.17) is 4.74 Å². The number of phenols is 1. The van der Waals surface area contributed by atoms with E-state index in [1.165, 1.54) is 19.3 Å². The van der Waals surface area contributed by atoms with Gasteiger partial charge < -0.3 is 9.84 Å². The highest BCUT2D eigenvalue weighted by Gasteiger charge is 2.16. The van der Waals surface area contributed by atoms with Crippen LogP contribution in [-0.2, 0) is 11.3 Å². The maximum Gasteiger partial charge on any atom is 0.235 e. The summed E-state index contributed by atoms with van der Waals surface area (Å²) in [6, 6.07) is 1.43. The van der Waals surface area contributed by atoms with Crippen LogP contribution in [0.1, 0.15) is 5.56 Å². The zero-order valence-electron chi connectivity index (χ0n) is 7.75. The van der Waals surface area contributed by atoms with E-state index in [0.29, 0.717) is 5.56 Å². The Bertz CT molecular complexity index is 430. The number of phenolic OH excluding ortho intramolecular Hbond substituents is 1. The second-order valence-electron chi connectivity index (χ2n) is 2.62. The van der Waals surface area contributed by atoms with Crippen LogP contribution in [0.4, 0.5) is 4.39 Å². The number of aliphatic imine (C=N–C) groups is 1. The van der Waals surface area contributed by atoms with E-state index in [-0.39, 0.29) is 16.8 Å². The predicted octanol–water partition coefficient (Wildman–Crippen LogP) is 2.14. The van der Waals surface area contributed by atoms with Gasteiger partial charge in [-0.05, 0) is 22.0 Å². The molecule has 0 aromatic heterocycles. The number of carbonyl (C=O) groups excluding carboxylic acids is 1. The largest absolute Gasteiger partial charge is 0.504 e. The van der Waals surface area contributed by atoms with Crippen molar-refractivity contribution < 1.29 is 19.0 Å². The Hall–Kier alpha value is -1.39. The number of ether oxygens (including phenoxy) is 1. The summed E-state index contributed by atoms with van der Waals surface area (Å²) in [7, 11) is 1.26. The molecule has 1 rings (SSSR count). The molecule has 1 N–H and O–H groups in total. The van der Waals surface area contributed by atoms with Gasteiger partial charge in [-0.15, -0.1) is 0 Å². The van der Waals surface area contributed by atoms with E-state index in [2.05, 4.69) is 20.9 Å². The second kappa shape index (κ2) is 4.91. The fourth-order valence-electron chi connectivity index (χ4n) is 1.10. The van der Waals surface area contributed by atoms with Crippen molar-refractivity contribution in [1.82, 2.24) is 0 Å². The molecule has 0 radical (unpaired) electrons. The molecular formula is C9H7BrFNO3. The summed E-state index contributed by atoms with van der Waals surface area (Å²) in [5, 5.41) is 9.26. The van der Waals surface area contributed by atoms with Gasteiger partial charge in [-0.3, -0.25) is 0 Å². The number of isocyanates is 1. The molecule has 0 bridgehead atoms. The summed E-state index contributed by atoms with van der Waals surface area (Å²) >= 11 is 2.97. The van der Waals surface area contributed by atoms with Gasteiger partial charge in [0.25, 0.3) is 0 Å². The number of aromatic hydroxyl groups is 1. The van der Waals surface area contributed by atoms with Crippen LogP contribution in [0, 0.1) is 5.82 Å². The summed E-state index contributed by atoms with van der Waals surface area (Å²) in [6.07, 6.45) is 1.34. The van der Waals surface area contributed by atoms with Gasteiger partial charge in [-0.25, -0.2) is 9.79 Å². The van der Waals surface area contributed by atoms with E-state index < -0.39 is 11.6 Å². The SMILES string of the molecule is COc1c(CN=C=O)cc(Br)c(O)c1F. The van der Waals surface area contributed by atoms with Crippen molar-refractivity contribution in [2.45, 2.75) is 6.54 Å². The molecule has 80 valence electrons. The van der Waals surface area contributed by atoms with Crippen LogP contribution in [0.3, 0.4) is 0 Å². The summed E-state index contributed by atoms with van der Waals surface area (Å²) in [6.45, 7) is -0.0531. The van der Waals surface area contributed by atoms with E-state index >= 15 is 0 Å². The smallest absolute Gasteiger partial charge is 0.235 e. The summed E-state index contributed by atoms with van der Waals surface area (Å²) in [4.78, 5) is 13.2. The minimum absolute atomic E-state index is 0.0531. The number of hydrogen-bond acceptors (Lipinski definition) is 4. The molecule has 1 aromatic rings. The summed E-state index contributed by atoms with van der Waals surface area (Å²) in [5.41, 5.74) is 0.350. The average molecular weight is 276 g/mol. The normalized spacial score (nSPS) is 9.53. The van der Waals surface area contributed by atoms with Gasteiger partial charge in [0.05, 0.1) is 18.1 Å². The second-order valence-corrected chi connectivity index (χ2v) is 3.48.